The van der Waals surface area contributed by atoms with Crippen LogP contribution in [-0.4, -0.2) is 57.7 Å². The van der Waals surface area contributed by atoms with Gasteiger partial charge in [0.05, 0.1) is 12.1 Å². The van der Waals surface area contributed by atoms with Crippen LogP contribution >= 0.6 is 0 Å². The van der Waals surface area contributed by atoms with Gasteiger partial charge >= 0.3 is 0 Å². The lowest BCUT2D eigenvalue weighted by Crippen LogP contribution is -2.22. The topological polar surface area (TPSA) is 39.5 Å². The van der Waals surface area contributed by atoms with Gasteiger partial charge in [0.15, 0.2) is 0 Å². The van der Waals surface area contributed by atoms with Crippen LogP contribution in [0, 0.1) is 11.3 Å². The van der Waals surface area contributed by atoms with Crippen LogP contribution in [-0.2, 0) is 4.74 Å². The monoisotopic (exact) mass is 273 g/mol. The maximum atomic E-state index is 9.45. The molecule has 0 fully saturated rings. The van der Waals surface area contributed by atoms with Crippen molar-refractivity contribution in [3.8, 4) is 6.07 Å². The summed E-state index contributed by atoms with van der Waals surface area (Å²) in [6.07, 6.45) is 0. The Morgan fingerprint density at radius 2 is 1.75 bits per heavy atom. The van der Waals surface area contributed by atoms with Crippen LogP contribution in [0.2, 0.25) is 0 Å². The molecule has 0 N–H and O–H groups in total. The summed E-state index contributed by atoms with van der Waals surface area (Å²) >= 11 is 0. The van der Waals surface area contributed by atoms with Crippen LogP contribution in [0.1, 0.15) is 5.56 Å². The molecule has 4 heteroatoms. The number of hydrogen-bond acceptors (Lipinski definition) is 4. The highest BCUT2D eigenvalue weighted by molar-refractivity contribution is 5.78. The van der Waals surface area contributed by atoms with Crippen molar-refractivity contribution in [3.63, 3.8) is 0 Å². The number of allylic oxidation sites excluding steroid dienone is 1. The highest BCUT2D eigenvalue weighted by atomic mass is 16.5. The molecule has 0 amide bonds. The van der Waals surface area contributed by atoms with E-state index in [2.05, 4.69) is 11.0 Å². The number of rotatable bonds is 7. The number of hydrogen-bond donors (Lipinski definition) is 0. The van der Waals surface area contributed by atoms with Crippen LogP contribution in [0.4, 0.5) is 0 Å². The summed E-state index contributed by atoms with van der Waals surface area (Å²) in [6.45, 7) is 2.02. The number of likely N-dealkylation sites (N-methyl/N-ethyl adjacent to an activating group) is 2. The summed E-state index contributed by atoms with van der Waals surface area (Å²) in [6, 6.07) is 11.9. The Kier molecular flexibility index (Phi) is 6.78. The fraction of sp³-hybridized carbons (Fsp3) is 0.438. The molecule has 108 valence electrons. The largest absolute Gasteiger partial charge is 0.494 e. The van der Waals surface area contributed by atoms with E-state index in [0.29, 0.717) is 18.7 Å². The van der Waals surface area contributed by atoms with Gasteiger partial charge in [-0.25, -0.2) is 0 Å². The first-order chi connectivity index (χ1) is 9.54. The molecule has 4 nitrogen and oxygen atoms in total. The van der Waals surface area contributed by atoms with Gasteiger partial charge in [-0.05, 0) is 33.8 Å². The van der Waals surface area contributed by atoms with E-state index in [0.717, 1.165) is 17.9 Å². The summed E-state index contributed by atoms with van der Waals surface area (Å²) in [5.74, 6) is 0.727. The zero-order valence-electron chi connectivity index (χ0n) is 12.8. The lowest BCUT2D eigenvalue weighted by Gasteiger charge is -2.18. The minimum absolute atomic E-state index is 0.578. The second-order valence-electron chi connectivity index (χ2n) is 5.17. The predicted octanol–water partition coefficient (Wildman–Crippen LogP) is 2.06. The zero-order chi connectivity index (χ0) is 15.0. The molecule has 1 aromatic rings. The fourth-order valence-corrected chi connectivity index (χ4v) is 1.73. The van der Waals surface area contributed by atoms with E-state index in [-0.39, 0.29) is 0 Å². The molecule has 0 heterocycles. The average molecular weight is 273 g/mol. The Morgan fingerprint density at radius 3 is 2.25 bits per heavy atom. The SMILES string of the molecule is CN(C)CCOC(CN(C)C)=C(C#N)c1ccccc1. The van der Waals surface area contributed by atoms with E-state index >= 15 is 0 Å². The third kappa shape index (κ3) is 5.43. The maximum absolute atomic E-state index is 9.45. The fourth-order valence-electron chi connectivity index (χ4n) is 1.73. The Labute approximate surface area is 121 Å². The summed E-state index contributed by atoms with van der Waals surface area (Å²) in [5.41, 5.74) is 1.51. The zero-order valence-corrected chi connectivity index (χ0v) is 12.8. The van der Waals surface area contributed by atoms with Crippen molar-refractivity contribution in [1.29, 1.82) is 5.26 Å². The number of benzene rings is 1. The first-order valence-electron chi connectivity index (χ1n) is 6.65. The van der Waals surface area contributed by atoms with Crippen LogP contribution in [0.25, 0.3) is 5.57 Å². The maximum Gasteiger partial charge on any atom is 0.128 e. The van der Waals surface area contributed by atoms with Crippen molar-refractivity contribution in [3.05, 3.63) is 41.7 Å². The first kappa shape index (κ1) is 16.2. The second kappa shape index (κ2) is 8.36. The van der Waals surface area contributed by atoms with Gasteiger partial charge in [-0.3, -0.25) is 0 Å². The Morgan fingerprint density at radius 1 is 1.10 bits per heavy atom. The van der Waals surface area contributed by atoms with Gasteiger partial charge in [0.25, 0.3) is 0 Å². The summed E-state index contributed by atoms with van der Waals surface area (Å²) in [7, 11) is 7.94. The third-order valence-electron chi connectivity index (χ3n) is 2.73. The molecule has 0 aliphatic rings. The quantitative estimate of drug-likeness (QED) is 0.563. The Hall–Kier alpha value is -1.83. The minimum Gasteiger partial charge on any atom is -0.494 e. The molecule has 0 radical (unpaired) electrons. The summed E-state index contributed by atoms with van der Waals surface area (Å²) < 4.78 is 5.85. The standard InChI is InChI=1S/C16H23N3O/c1-18(2)10-11-20-16(13-19(3)4)15(12-17)14-8-6-5-7-9-14/h5-9H,10-11,13H2,1-4H3. The van der Waals surface area contributed by atoms with Crippen molar-refractivity contribution in [2.45, 2.75) is 0 Å². The second-order valence-corrected chi connectivity index (χ2v) is 5.17. The average Bonchev–Trinajstić information content (AvgIpc) is 2.39. The molecule has 0 aliphatic carbocycles. The van der Waals surface area contributed by atoms with Gasteiger partial charge < -0.3 is 14.5 Å². The van der Waals surface area contributed by atoms with Crippen LogP contribution in [0.3, 0.4) is 0 Å². The lowest BCUT2D eigenvalue weighted by atomic mass is 10.1. The van der Waals surface area contributed by atoms with Gasteiger partial charge in [0.1, 0.15) is 18.4 Å². The number of ether oxygens (including phenoxy) is 1. The highest BCUT2D eigenvalue weighted by Gasteiger charge is 2.12. The minimum atomic E-state index is 0.578. The highest BCUT2D eigenvalue weighted by Crippen LogP contribution is 2.19. The molecule has 0 bridgehead atoms. The Balaban J connectivity index is 2.98. The van der Waals surface area contributed by atoms with E-state index in [9.17, 15) is 5.26 Å². The van der Waals surface area contributed by atoms with E-state index in [4.69, 9.17) is 4.74 Å². The normalized spacial score (nSPS) is 12.2. The lowest BCUT2D eigenvalue weighted by molar-refractivity contribution is 0.167. The molecule has 0 unspecified atom stereocenters. The van der Waals surface area contributed by atoms with Gasteiger partial charge in [0.2, 0.25) is 0 Å². The van der Waals surface area contributed by atoms with Gasteiger partial charge in [-0.1, -0.05) is 30.3 Å². The molecular weight excluding hydrogens is 250 g/mol. The first-order valence-corrected chi connectivity index (χ1v) is 6.65. The third-order valence-corrected chi connectivity index (χ3v) is 2.73. The number of nitrogens with zero attached hydrogens (tertiary/aromatic N) is 3. The van der Waals surface area contributed by atoms with Crippen molar-refractivity contribution in [2.24, 2.45) is 0 Å². The molecule has 0 aromatic heterocycles. The van der Waals surface area contributed by atoms with Gasteiger partial charge in [-0.2, -0.15) is 5.26 Å². The Bertz CT molecular complexity index is 472. The molecule has 0 aliphatic heterocycles. The summed E-state index contributed by atoms with van der Waals surface area (Å²) in [5, 5.41) is 9.45. The van der Waals surface area contributed by atoms with Crippen molar-refractivity contribution in [1.82, 2.24) is 9.80 Å². The molecule has 0 spiro atoms. The smallest absolute Gasteiger partial charge is 0.128 e. The van der Waals surface area contributed by atoms with Crippen LogP contribution in [0.5, 0.6) is 0 Å². The van der Waals surface area contributed by atoms with Crippen LogP contribution in [0.15, 0.2) is 36.1 Å². The van der Waals surface area contributed by atoms with Gasteiger partial charge in [0, 0.05) is 6.54 Å². The molecule has 1 rings (SSSR count). The molecule has 0 atom stereocenters. The van der Waals surface area contributed by atoms with E-state index < -0.39 is 0 Å². The summed E-state index contributed by atoms with van der Waals surface area (Å²) in [4.78, 5) is 4.06. The molecular formula is C16H23N3O. The van der Waals surface area contributed by atoms with Crippen molar-refractivity contribution < 1.29 is 4.74 Å². The van der Waals surface area contributed by atoms with E-state index in [1.54, 1.807) is 0 Å². The van der Waals surface area contributed by atoms with Crippen molar-refractivity contribution >= 4 is 5.57 Å². The molecule has 0 saturated carbocycles. The van der Waals surface area contributed by atoms with Gasteiger partial charge in [-0.15, -0.1) is 0 Å². The van der Waals surface area contributed by atoms with Crippen LogP contribution < -0.4 is 0 Å². The van der Waals surface area contributed by atoms with E-state index in [1.807, 2.05) is 63.4 Å². The van der Waals surface area contributed by atoms with E-state index in [1.165, 1.54) is 0 Å². The molecule has 1 aromatic carbocycles. The van der Waals surface area contributed by atoms with Crippen molar-refractivity contribution in [2.75, 3.05) is 47.9 Å². The predicted molar refractivity (Wildman–Crippen MR) is 82.0 cm³/mol. The molecule has 0 saturated heterocycles. The number of nitriles is 1. The molecule has 20 heavy (non-hydrogen) atoms.